The van der Waals surface area contributed by atoms with Crippen LogP contribution in [0.15, 0.2) is 12.7 Å². The summed E-state index contributed by atoms with van der Waals surface area (Å²) in [6.07, 6.45) is 5.69. The van der Waals surface area contributed by atoms with E-state index >= 15 is 0 Å². The Morgan fingerprint density at radius 2 is 2.12 bits per heavy atom. The summed E-state index contributed by atoms with van der Waals surface area (Å²) < 4.78 is 0. The van der Waals surface area contributed by atoms with E-state index in [2.05, 4.69) is 55.3 Å². The first kappa shape index (κ1) is 14.5. The number of thioether (sulfide) groups is 2. The van der Waals surface area contributed by atoms with Crippen molar-refractivity contribution in [3.63, 3.8) is 0 Å². The molecule has 0 aromatic rings. The normalized spacial score (nSPS) is 27.6. The van der Waals surface area contributed by atoms with Crippen LogP contribution in [0.4, 0.5) is 0 Å². The molecule has 0 aromatic heterocycles. The topological polar surface area (TPSA) is 12.0 Å². The predicted molar refractivity (Wildman–Crippen MR) is 79.7 cm³/mol. The lowest BCUT2D eigenvalue weighted by atomic mass is 10.1. The van der Waals surface area contributed by atoms with E-state index in [4.69, 9.17) is 0 Å². The molecule has 1 fully saturated rings. The summed E-state index contributed by atoms with van der Waals surface area (Å²) in [6.45, 7) is 9.59. The average molecular weight is 259 g/mol. The van der Waals surface area contributed by atoms with Crippen LogP contribution in [0, 0.1) is 0 Å². The van der Waals surface area contributed by atoms with E-state index in [1.54, 1.807) is 0 Å². The standard InChI is InChI=1S/C13H25NS2/c1-4-7-11(14-8-5-2)13-12(6-3)15-9-10-16-13/h4,11-14H,1,5-10H2,2-3H3. The Hall–Kier alpha value is 0.400. The Labute approximate surface area is 109 Å². The zero-order valence-corrected chi connectivity index (χ0v) is 12.2. The molecule has 3 heteroatoms. The summed E-state index contributed by atoms with van der Waals surface area (Å²) in [7, 11) is 0. The molecule has 1 saturated heterocycles. The van der Waals surface area contributed by atoms with E-state index in [0.29, 0.717) is 6.04 Å². The maximum atomic E-state index is 3.90. The van der Waals surface area contributed by atoms with Crippen LogP contribution < -0.4 is 5.32 Å². The largest absolute Gasteiger partial charge is 0.313 e. The zero-order valence-electron chi connectivity index (χ0n) is 10.6. The van der Waals surface area contributed by atoms with E-state index in [1.807, 2.05) is 0 Å². The molecular weight excluding hydrogens is 234 g/mol. The highest BCUT2D eigenvalue weighted by molar-refractivity contribution is 8.07. The molecule has 0 amide bonds. The monoisotopic (exact) mass is 259 g/mol. The van der Waals surface area contributed by atoms with E-state index < -0.39 is 0 Å². The molecule has 0 saturated carbocycles. The zero-order chi connectivity index (χ0) is 11.8. The molecule has 1 heterocycles. The van der Waals surface area contributed by atoms with Gasteiger partial charge in [0, 0.05) is 28.0 Å². The van der Waals surface area contributed by atoms with Crippen molar-refractivity contribution in [3.05, 3.63) is 12.7 Å². The van der Waals surface area contributed by atoms with Gasteiger partial charge < -0.3 is 5.32 Å². The first-order chi connectivity index (χ1) is 7.83. The first-order valence-corrected chi connectivity index (χ1v) is 8.50. The SMILES string of the molecule is C=CCC(NCCC)C1SCCSC1CC. The Balaban J connectivity index is 2.54. The second-order valence-corrected chi connectivity index (χ2v) is 6.87. The summed E-state index contributed by atoms with van der Waals surface area (Å²) in [5.41, 5.74) is 0. The number of nitrogens with one attached hydrogen (secondary N) is 1. The van der Waals surface area contributed by atoms with Gasteiger partial charge in [0.25, 0.3) is 0 Å². The third kappa shape index (κ3) is 4.34. The molecule has 3 unspecified atom stereocenters. The molecule has 16 heavy (non-hydrogen) atoms. The Kier molecular flexibility index (Phi) is 7.67. The lowest BCUT2D eigenvalue weighted by Gasteiger charge is -2.36. The fourth-order valence-electron chi connectivity index (χ4n) is 2.15. The van der Waals surface area contributed by atoms with Gasteiger partial charge in [-0.25, -0.2) is 0 Å². The molecule has 0 spiro atoms. The summed E-state index contributed by atoms with van der Waals surface area (Å²) in [5.74, 6) is 2.64. The fourth-order valence-corrected chi connectivity index (χ4v) is 5.43. The second kappa shape index (κ2) is 8.48. The van der Waals surface area contributed by atoms with Crippen LogP contribution >= 0.6 is 23.5 Å². The van der Waals surface area contributed by atoms with E-state index in [0.717, 1.165) is 23.5 Å². The van der Waals surface area contributed by atoms with Crippen LogP contribution in [0.3, 0.4) is 0 Å². The van der Waals surface area contributed by atoms with Crippen LogP contribution in [0.1, 0.15) is 33.1 Å². The molecular formula is C13H25NS2. The molecule has 0 aliphatic carbocycles. The van der Waals surface area contributed by atoms with Crippen LogP contribution in [0.2, 0.25) is 0 Å². The number of rotatable bonds is 7. The predicted octanol–water partition coefficient (Wildman–Crippen LogP) is 3.56. The molecule has 3 atom stereocenters. The molecule has 94 valence electrons. The highest BCUT2D eigenvalue weighted by Gasteiger charge is 2.30. The van der Waals surface area contributed by atoms with Crippen LogP contribution in [0.5, 0.6) is 0 Å². The lowest BCUT2D eigenvalue weighted by Crippen LogP contribution is -2.45. The van der Waals surface area contributed by atoms with E-state index in [-0.39, 0.29) is 0 Å². The van der Waals surface area contributed by atoms with Gasteiger partial charge in [-0.3, -0.25) is 0 Å². The van der Waals surface area contributed by atoms with Gasteiger partial charge in [0.2, 0.25) is 0 Å². The van der Waals surface area contributed by atoms with Crippen molar-refractivity contribution < 1.29 is 0 Å². The molecule has 0 bridgehead atoms. The third-order valence-corrected chi connectivity index (χ3v) is 6.38. The summed E-state index contributed by atoms with van der Waals surface area (Å²) >= 11 is 4.33. The Morgan fingerprint density at radius 3 is 2.75 bits per heavy atom. The van der Waals surface area contributed by atoms with Gasteiger partial charge in [-0.1, -0.05) is 19.9 Å². The van der Waals surface area contributed by atoms with Crippen molar-refractivity contribution in [2.75, 3.05) is 18.1 Å². The van der Waals surface area contributed by atoms with Gasteiger partial charge >= 0.3 is 0 Å². The average Bonchev–Trinajstić information content (AvgIpc) is 2.34. The Morgan fingerprint density at radius 1 is 1.38 bits per heavy atom. The van der Waals surface area contributed by atoms with Crippen molar-refractivity contribution in [1.82, 2.24) is 5.32 Å². The smallest absolute Gasteiger partial charge is 0.0323 e. The minimum absolute atomic E-state index is 0.625. The molecule has 1 nitrogen and oxygen atoms in total. The minimum Gasteiger partial charge on any atom is -0.313 e. The second-order valence-electron chi connectivity index (χ2n) is 4.24. The molecule has 1 aliphatic rings. The number of hydrogen-bond donors (Lipinski definition) is 1. The van der Waals surface area contributed by atoms with E-state index in [9.17, 15) is 0 Å². The maximum Gasteiger partial charge on any atom is 0.0323 e. The molecule has 1 N–H and O–H groups in total. The van der Waals surface area contributed by atoms with Crippen molar-refractivity contribution >= 4 is 23.5 Å². The van der Waals surface area contributed by atoms with E-state index in [1.165, 1.54) is 24.3 Å². The molecule has 1 aliphatic heterocycles. The molecule has 0 aromatic carbocycles. The van der Waals surface area contributed by atoms with Gasteiger partial charge in [-0.15, -0.1) is 6.58 Å². The summed E-state index contributed by atoms with van der Waals surface area (Å²) in [4.78, 5) is 0. The van der Waals surface area contributed by atoms with Gasteiger partial charge in [0.15, 0.2) is 0 Å². The van der Waals surface area contributed by atoms with Gasteiger partial charge in [0.05, 0.1) is 0 Å². The quantitative estimate of drug-likeness (QED) is 0.702. The third-order valence-electron chi connectivity index (χ3n) is 2.97. The van der Waals surface area contributed by atoms with Gasteiger partial charge in [-0.05, 0) is 25.8 Å². The van der Waals surface area contributed by atoms with Crippen molar-refractivity contribution in [2.45, 2.75) is 49.7 Å². The maximum absolute atomic E-state index is 3.90. The van der Waals surface area contributed by atoms with Crippen molar-refractivity contribution in [2.24, 2.45) is 0 Å². The summed E-state index contributed by atoms with van der Waals surface area (Å²) in [5, 5.41) is 5.30. The number of hydrogen-bond acceptors (Lipinski definition) is 3. The first-order valence-electron chi connectivity index (χ1n) is 6.40. The highest BCUT2D eigenvalue weighted by Crippen LogP contribution is 2.35. The minimum atomic E-state index is 0.625. The molecule has 1 rings (SSSR count). The van der Waals surface area contributed by atoms with Crippen LogP contribution in [-0.4, -0.2) is 34.6 Å². The highest BCUT2D eigenvalue weighted by atomic mass is 32.2. The fraction of sp³-hybridized carbons (Fsp3) is 0.846. The molecule has 0 radical (unpaired) electrons. The van der Waals surface area contributed by atoms with Crippen molar-refractivity contribution in [3.8, 4) is 0 Å². The van der Waals surface area contributed by atoms with Crippen LogP contribution in [0.25, 0.3) is 0 Å². The lowest BCUT2D eigenvalue weighted by molar-refractivity contribution is 0.483. The Bertz CT molecular complexity index is 196. The summed E-state index contributed by atoms with van der Waals surface area (Å²) in [6, 6.07) is 0.625. The van der Waals surface area contributed by atoms with Crippen LogP contribution in [-0.2, 0) is 0 Å². The van der Waals surface area contributed by atoms with Gasteiger partial charge in [-0.2, -0.15) is 23.5 Å². The van der Waals surface area contributed by atoms with Gasteiger partial charge in [0.1, 0.15) is 0 Å². The van der Waals surface area contributed by atoms with Crippen molar-refractivity contribution in [1.29, 1.82) is 0 Å².